The normalized spacial score (nSPS) is 26.3. The molecule has 0 aliphatic carbocycles. The van der Waals surface area contributed by atoms with E-state index in [1.165, 1.54) is 0 Å². The van der Waals surface area contributed by atoms with E-state index in [-0.39, 0.29) is 0 Å². The minimum atomic E-state index is 0.480. The Labute approximate surface area is 95.2 Å². The van der Waals surface area contributed by atoms with Gasteiger partial charge in [0.05, 0.1) is 5.02 Å². The molecule has 1 saturated heterocycles. The quantitative estimate of drug-likeness (QED) is 0.811. The van der Waals surface area contributed by atoms with Crippen LogP contribution >= 0.6 is 11.6 Å². The zero-order valence-corrected chi connectivity index (χ0v) is 9.59. The zero-order valence-electron chi connectivity index (χ0n) is 8.83. The molecule has 0 saturated carbocycles. The number of pyridine rings is 1. The molecule has 2 N–H and O–H groups in total. The SMILES string of the molecule is CC1CC(Nc2ncccc2Cl)CCN1. The van der Waals surface area contributed by atoms with Crippen molar-refractivity contribution < 1.29 is 0 Å². The van der Waals surface area contributed by atoms with Gasteiger partial charge in [-0.25, -0.2) is 4.98 Å². The Kier molecular flexibility index (Phi) is 3.44. The van der Waals surface area contributed by atoms with Crippen molar-refractivity contribution in [1.82, 2.24) is 10.3 Å². The van der Waals surface area contributed by atoms with Gasteiger partial charge in [0.2, 0.25) is 0 Å². The first-order chi connectivity index (χ1) is 7.25. The molecule has 2 unspecified atom stereocenters. The molecule has 2 rings (SSSR count). The second-order valence-corrected chi connectivity index (χ2v) is 4.46. The fraction of sp³-hybridized carbons (Fsp3) is 0.545. The third-order valence-electron chi connectivity index (χ3n) is 2.72. The van der Waals surface area contributed by atoms with Gasteiger partial charge in [-0.05, 0) is 38.4 Å². The molecule has 2 heterocycles. The van der Waals surface area contributed by atoms with E-state index >= 15 is 0 Å². The maximum absolute atomic E-state index is 6.04. The van der Waals surface area contributed by atoms with Gasteiger partial charge < -0.3 is 10.6 Å². The molecule has 0 spiro atoms. The predicted molar refractivity (Wildman–Crippen MR) is 63.4 cm³/mol. The summed E-state index contributed by atoms with van der Waals surface area (Å²) in [6.45, 7) is 3.26. The van der Waals surface area contributed by atoms with E-state index < -0.39 is 0 Å². The molecule has 0 aromatic carbocycles. The van der Waals surface area contributed by atoms with E-state index in [0.717, 1.165) is 25.2 Å². The summed E-state index contributed by atoms with van der Waals surface area (Å²) in [5.41, 5.74) is 0. The summed E-state index contributed by atoms with van der Waals surface area (Å²) in [7, 11) is 0. The van der Waals surface area contributed by atoms with E-state index in [1.807, 2.05) is 12.1 Å². The summed E-state index contributed by atoms with van der Waals surface area (Å²) in [5.74, 6) is 0.804. The number of rotatable bonds is 2. The van der Waals surface area contributed by atoms with Gasteiger partial charge in [0, 0.05) is 18.3 Å². The van der Waals surface area contributed by atoms with E-state index in [9.17, 15) is 0 Å². The standard InChI is InChI=1S/C11H16ClN3/c1-8-7-9(4-6-13-8)15-11-10(12)3-2-5-14-11/h2-3,5,8-9,13H,4,6-7H2,1H3,(H,14,15). The van der Waals surface area contributed by atoms with E-state index in [2.05, 4.69) is 22.5 Å². The lowest BCUT2D eigenvalue weighted by Crippen LogP contribution is -2.41. The van der Waals surface area contributed by atoms with Crippen molar-refractivity contribution in [1.29, 1.82) is 0 Å². The summed E-state index contributed by atoms with van der Waals surface area (Å²) < 4.78 is 0. The average Bonchev–Trinajstić information content (AvgIpc) is 2.22. The van der Waals surface area contributed by atoms with Crippen molar-refractivity contribution in [2.75, 3.05) is 11.9 Å². The summed E-state index contributed by atoms with van der Waals surface area (Å²) in [6.07, 6.45) is 4.00. The summed E-state index contributed by atoms with van der Waals surface area (Å²) >= 11 is 6.04. The first kappa shape index (κ1) is 10.7. The van der Waals surface area contributed by atoms with Crippen molar-refractivity contribution in [2.45, 2.75) is 31.8 Å². The molecule has 3 nitrogen and oxygen atoms in total. The Bertz CT molecular complexity index is 329. The van der Waals surface area contributed by atoms with E-state index in [0.29, 0.717) is 17.1 Å². The molecule has 1 fully saturated rings. The van der Waals surface area contributed by atoms with Crippen LogP contribution in [0.4, 0.5) is 5.82 Å². The van der Waals surface area contributed by atoms with Gasteiger partial charge >= 0.3 is 0 Å². The van der Waals surface area contributed by atoms with Crippen molar-refractivity contribution in [2.24, 2.45) is 0 Å². The maximum Gasteiger partial charge on any atom is 0.144 e. The third-order valence-corrected chi connectivity index (χ3v) is 3.03. The lowest BCUT2D eigenvalue weighted by Gasteiger charge is -2.29. The number of nitrogens with zero attached hydrogens (tertiary/aromatic N) is 1. The molecule has 15 heavy (non-hydrogen) atoms. The number of anilines is 1. The van der Waals surface area contributed by atoms with Gasteiger partial charge in [-0.2, -0.15) is 0 Å². The first-order valence-corrected chi connectivity index (χ1v) is 5.74. The summed E-state index contributed by atoms with van der Waals surface area (Å²) in [6, 6.07) is 4.76. The second kappa shape index (κ2) is 4.81. The number of hydrogen-bond acceptors (Lipinski definition) is 3. The van der Waals surface area contributed by atoms with Crippen LogP contribution in [0.2, 0.25) is 5.02 Å². The zero-order chi connectivity index (χ0) is 10.7. The van der Waals surface area contributed by atoms with Crippen LogP contribution in [-0.4, -0.2) is 23.6 Å². The molecule has 1 aliphatic rings. The minimum Gasteiger partial charge on any atom is -0.366 e. The van der Waals surface area contributed by atoms with Gasteiger partial charge in [0.15, 0.2) is 0 Å². The Hall–Kier alpha value is -0.800. The van der Waals surface area contributed by atoms with Crippen molar-refractivity contribution in [3.63, 3.8) is 0 Å². The van der Waals surface area contributed by atoms with Gasteiger partial charge in [0.1, 0.15) is 5.82 Å². The second-order valence-electron chi connectivity index (χ2n) is 4.05. The number of aromatic nitrogens is 1. The van der Waals surface area contributed by atoms with Crippen LogP contribution < -0.4 is 10.6 Å². The van der Waals surface area contributed by atoms with Crippen molar-refractivity contribution >= 4 is 17.4 Å². The monoisotopic (exact) mass is 225 g/mol. The largest absolute Gasteiger partial charge is 0.366 e. The molecular formula is C11H16ClN3. The van der Waals surface area contributed by atoms with Crippen LogP contribution in [0.25, 0.3) is 0 Å². The van der Waals surface area contributed by atoms with Crippen molar-refractivity contribution in [3.05, 3.63) is 23.4 Å². The Balaban J connectivity index is 1.99. The average molecular weight is 226 g/mol. The molecule has 1 aromatic rings. The highest BCUT2D eigenvalue weighted by Crippen LogP contribution is 2.21. The molecule has 82 valence electrons. The Morgan fingerprint density at radius 3 is 3.20 bits per heavy atom. The molecule has 4 heteroatoms. The first-order valence-electron chi connectivity index (χ1n) is 5.36. The predicted octanol–water partition coefficient (Wildman–Crippen LogP) is 2.29. The molecule has 0 radical (unpaired) electrons. The van der Waals surface area contributed by atoms with Crippen LogP contribution in [0.5, 0.6) is 0 Å². The van der Waals surface area contributed by atoms with Crippen LogP contribution in [0.3, 0.4) is 0 Å². The topological polar surface area (TPSA) is 37.0 Å². The van der Waals surface area contributed by atoms with Gasteiger partial charge in [-0.3, -0.25) is 0 Å². The fourth-order valence-electron chi connectivity index (χ4n) is 1.95. The molecular weight excluding hydrogens is 210 g/mol. The van der Waals surface area contributed by atoms with Gasteiger partial charge in [-0.15, -0.1) is 0 Å². The lowest BCUT2D eigenvalue weighted by atomic mass is 10.0. The minimum absolute atomic E-state index is 0.480. The number of nitrogens with one attached hydrogen (secondary N) is 2. The van der Waals surface area contributed by atoms with Gasteiger partial charge in [-0.1, -0.05) is 11.6 Å². The Morgan fingerprint density at radius 1 is 1.60 bits per heavy atom. The summed E-state index contributed by atoms with van der Waals surface area (Å²) in [5, 5.41) is 7.51. The molecule has 0 amide bonds. The molecule has 1 aliphatic heterocycles. The van der Waals surface area contributed by atoms with Crippen LogP contribution in [0.1, 0.15) is 19.8 Å². The third kappa shape index (κ3) is 2.83. The van der Waals surface area contributed by atoms with Crippen LogP contribution in [0.15, 0.2) is 18.3 Å². The molecule has 2 atom stereocenters. The lowest BCUT2D eigenvalue weighted by molar-refractivity contribution is 0.396. The number of halogens is 1. The van der Waals surface area contributed by atoms with Crippen LogP contribution in [0, 0.1) is 0 Å². The summed E-state index contributed by atoms with van der Waals surface area (Å²) in [4.78, 5) is 4.23. The number of piperidine rings is 1. The molecule has 0 bridgehead atoms. The van der Waals surface area contributed by atoms with Gasteiger partial charge in [0.25, 0.3) is 0 Å². The van der Waals surface area contributed by atoms with Crippen molar-refractivity contribution in [3.8, 4) is 0 Å². The van der Waals surface area contributed by atoms with E-state index in [4.69, 9.17) is 11.6 Å². The highest BCUT2D eigenvalue weighted by Gasteiger charge is 2.18. The smallest absolute Gasteiger partial charge is 0.144 e. The Morgan fingerprint density at radius 2 is 2.47 bits per heavy atom. The molecule has 1 aromatic heterocycles. The maximum atomic E-state index is 6.04. The van der Waals surface area contributed by atoms with Crippen LogP contribution in [-0.2, 0) is 0 Å². The highest BCUT2D eigenvalue weighted by molar-refractivity contribution is 6.32. The van der Waals surface area contributed by atoms with E-state index in [1.54, 1.807) is 6.20 Å². The number of hydrogen-bond donors (Lipinski definition) is 2. The fourth-order valence-corrected chi connectivity index (χ4v) is 2.12. The highest BCUT2D eigenvalue weighted by atomic mass is 35.5.